The van der Waals surface area contributed by atoms with Crippen LogP contribution in [0.5, 0.6) is 17.2 Å². The second-order valence-electron chi connectivity index (χ2n) is 11.3. The monoisotopic (exact) mass is 654 g/mol. The zero-order chi connectivity index (χ0) is 32.3. The Labute approximate surface area is 269 Å². The van der Waals surface area contributed by atoms with Crippen molar-refractivity contribution in [3.05, 3.63) is 101 Å². The summed E-state index contributed by atoms with van der Waals surface area (Å²) in [7, 11) is 3.18. The SMILES string of the molecule is COc1ccc(CN(Sc2cc3c(cc2F)[C@@H](N2CCC(c4cccc(C(F)(F)F)c4)CC2)CCO3)c2ccncn2)c(OC)c1. The molecule has 3 heterocycles. The second kappa shape index (κ2) is 13.8. The van der Waals surface area contributed by atoms with Gasteiger partial charge in [0.25, 0.3) is 0 Å². The molecule has 6 rings (SSSR count). The summed E-state index contributed by atoms with van der Waals surface area (Å²) >= 11 is 1.21. The highest BCUT2D eigenvalue weighted by Gasteiger charge is 2.34. The Hall–Kier alpha value is -4.03. The summed E-state index contributed by atoms with van der Waals surface area (Å²) in [5.41, 5.74) is 1.75. The lowest BCUT2D eigenvalue weighted by atomic mass is 9.87. The highest BCUT2D eigenvalue weighted by atomic mass is 32.2. The Bertz CT molecular complexity index is 1650. The van der Waals surface area contributed by atoms with Crippen LogP contribution in [0.25, 0.3) is 0 Å². The van der Waals surface area contributed by atoms with Gasteiger partial charge in [-0.3, -0.25) is 9.21 Å². The van der Waals surface area contributed by atoms with Crippen molar-refractivity contribution in [3.8, 4) is 17.2 Å². The van der Waals surface area contributed by atoms with E-state index < -0.39 is 11.7 Å². The lowest BCUT2D eigenvalue weighted by Gasteiger charge is -2.40. The molecule has 0 N–H and O–H groups in total. The van der Waals surface area contributed by atoms with Crippen LogP contribution >= 0.6 is 11.9 Å². The Kier molecular flexibility index (Phi) is 9.55. The average Bonchev–Trinajstić information content (AvgIpc) is 3.08. The lowest BCUT2D eigenvalue weighted by Crippen LogP contribution is -2.38. The molecule has 0 bridgehead atoms. The highest BCUT2D eigenvalue weighted by molar-refractivity contribution is 8.00. The van der Waals surface area contributed by atoms with Crippen LogP contribution in [0.1, 0.15) is 53.5 Å². The third kappa shape index (κ3) is 7.02. The number of aromatic nitrogens is 2. The van der Waals surface area contributed by atoms with Crippen molar-refractivity contribution in [2.45, 2.75) is 48.8 Å². The van der Waals surface area contributed by atoms with Crippen LogP contribution in [0.3, 0.4) is 0 Å². The van der Waals surface area contributed by atoms with Crippen LogP contribution in [-0.2, 0) is 12.7 Å². The van der Waals surface area contributed by atoms with E-state index in [0.717, 1.165) is 35.6 Å². The van der Waals surface area contributed by atoms with Crippen molar-refractivity contribution in [2.24, 2.45) is 0 Å². The third-order valence-electron chi connectivity index (χ3n) is 8.57. The fourth-order valence-electron chi connectivity index (χ4n) is 6.18. The van der Waals surface area contributed by atoms with E-state index in [1.165, 1.54) is 30.4 Å². The maximum atomic E-state index is 15.9. The first kappa shape index (κ1) is 31.9. The van der Waals surface area contributed by atoms with Crippen molar-refractivity contribution in [1.82, 2.24) is 14.9 Å². The van der Waals surface area contributed by atoms with Crippen molar-refractivity contribution < 1.29 is 31.8 Å². The number of ether oxygens (including phenoxy) is 3. The molecule has 2 aliphatic rings. The number of rotatable bonds is 9. The van der Waals surface area contributed by atoms with E-state index in [1.54, 1.807) is 50.7 Å². The van der Waals surface area contributed by atoms with Crippen LogP contribution in [0.2, 0.25) is 0 Å². The number of hydrogen-bond donors (Lipinski definition) is 0. The van der Waals surface area contributed by atoms with E-state index in [2.05, 4.69) is 14.9 Å². The van der Waals surface area contributed by atoms with Crippen LogP contribution in [0, 0.1) is 5.82 Å². The van der Waals surface area contributed by atoms with Crippen LogP contribution < -0.4 is 18.5 Å². The quantitative estimate of drug-likeness (QED) is 0.133. The predicted octanol–water partition coefficient (Wildman–Crippen LogP) is 8.07. The number of piperidine rings is 1. The van der Waals surface area contributed by atoms with Gasteiger partial charge in [-0.2, -0.15) is 13.2 Å². The van der Waals surface area contributed by atoms with Gasteiger partial charge >= 0.3 is 6.18 Å². The van der Waals surface area contributed by atoms with Crippen molar-refractivity contribution >= 4 is 17.8 Å². The fourth-order valence-corrected chi connectivity index (χ4v) is 7.13. The van der Waals surface area contributed by atoms with Gasteiger partial charge in [0.05, 0.1) is 37.8 Å². The summed E-state index contributed by atoms with van der Waals surface area (Å²) in [6.07, 6.45) is 0.880. The molecule has 7 nitrogen and oxygen atoms in total. The number of hydrogen-bond acceptors (Lipinski definition) is 8. The molecule has 0 saturated carbocycles. The molecule has 12 heteroatoms. The minimum Gasteiger partial charge on any atom is -0.497 e. The molecule has 1 atom stereocenters. The summed E-state index contributed by atoms with van der Waals surface area (Å²) < 4.78 is 74.6. The first-order valence-corrected chi connectivity index (χ1v) is 15.8. The topological polar surface area (TPSA) is 60.0 Å². The molecular formula is C34H34F4N4O3S. The Morgan fingerprint density at radius 3 is 2.54 bits per heavy atom. The molecule has 1 saturated heterocycles. The molecule has 242 valence electrons. The van der Waals surface area contributed by atoms with Crippen molar-refractivity contribution in [3.63, 3.8) is 0 Å². The number of benzene rings is 3. The number of alkyl halides is 3. The van der Waals surface area contributed by atoms with Gasteiger partial charge in [0.1, 0.15) is 35.2 Å². The Morgan fingerprint density at radius 1 is 1.00 bits per heavy atom. The first-order chi connectivity index (χ1) is 22.2. The van der Waals surface area contributed by atoms with E-state index in [4.69, 9.17) is 14.2 Å². The lowest BCUT2D eigenvalue weighted by molar-refractivity contribution is -0.137. The largest absolute Gasteiger partial charge is 0.497 e. The van der Waals surface area contributed by atoms with E-state index in [-0.39, 0.29) is 17.8 Å². The third-order valence-corrected chi connectivity index (χ3v) is 9.61. The minimum absolute atomic E-state index is 0.0405. The van der Waals surface area contributed by atoms with Gasteiger partial charge in [-0.05, 0) is 85.8 Å². The predicted molar refractivity (Wildman–Crippen MR) is 168 cm³/mol. The van der Waals surface area contributed by atoms with Crippen LogP contribution in [0.15, 0.2) is 78.1 Å². The molecule has 1 fully saturated rings. The zero-order valence-corrected chi connectivity index (χ0v) is 26.3. The number of halogens is 4. The minimum atomic E-state index is -4.36. The average molecular weight is 655 g/mol. The molecule has 3 aromatic carbocycles. The van der Waals surface area contributed by atoms with Crippen molar-refractivity contribution in [1.29, 1.82) is 0 Å². The van der Waals surface area contributed by atoms with E-state index in [0.29, 0.717) is 60.6 Å². The zero-order valence-electron chi connectivity index (χ0n) is 25.5. The van der Waals surface area contributed by atoms with Gasteiger partial charge in [0, 0.05) is 35.9 Å². The van der Waals surface area contributed by atoms with Gasteiger partial charge < -0.3 is 14.2 Å². The van der Waals surface area contributed by atoms with Crippen molar-refractivity contribution in [2.75, 3.05) is 38.2 Å². The molecule has 0 amide bonds. The molecule has 46 heavy (non-hydrogen) atoms. The van der Waals surface area contributed by atoms with Crippen LogP contribution in [-0.4, -0.2) is 48.8 Å². The summed E-state index contributed by atoms with van der Waals surface area (Å²) in [5, 5.41) is 0. The molecule has 1 aromatic heterocycles. The number of anilines is 1. The van der Waals surface area contributed by atoms with Gasteiger partial charge in [-0.15, -0.1) is 0 Å². The smallest absolute Gasteiger partial charge is 0.416 e. The maximum absolute atomic E-state index is 15.9. The second-order valence-corrected chi connectivity index (χ2v) is 12.3. The summed E-state index contributed by atoms with van der Waals surface area (Å²) in [4.78, 5) is 11.1. The standard InChI is InChI=1S/C34H34F4N4O3S/c1-43-26-7-6-24(30(17-26)44-2)20-42(33-8-12-39-21-40-33)46-32-19-31-27(18-28(32)35)29(11-15-45-31)41-13-9-22(10-14-41)23-4-3-5-25(16-23)34(36,37)38/h3-8,12,16-19,21-22,29H,9-11,13-15,20H2,1-2H3/t29-/m0/s1. The summed E-state index contributed by atoms with van der Waals surface area (Å²) in [5.74, 6) is 2.19. The first-order valence-electron chi connectivity index (χ1n) is 15.0. The highest BCUT2D eigenvalue weighted by Crippen LogP contribution is 2.44. The number of likely N-dealkylation sites (tertiary alicyclic amines) is 1. The summed E-state index contributed by atoms with van der Waals surface area (Å²) in [6.45, 7) is 2.25. The van der Waals surface area contributed by atoms with E-state index in [1.807, 2.05) is 16.4 Å². The fraction of sp³-hybridized carbons (Fsp3) is 0.353. The van der Waals surface area contributed by atoms with E-state index in [9.17, 15) is 13.2 Å². The molecule has 2 aliphatic heterocycles. The molecule has 0 unspecified atom stereocenters. The maximum Gasteiger partial charge on any atom is 0.416 e. The molecule has 0 aliphatic carbocycles. The van der Waals surface area contributed by atoms with Gasteiger partial charge in [0.2, 0.25) is 0 Å². The number of methoxy groups -OCH3 is 2. The molecule has 0 radical (unpaired) electrons. The number of fused-ring (bicyclic) bond motifs is 1. The van der Waals surface area contributed by atoms with Gasteiger partial charge in [0.15, 0.2) is 0 Å². The molecule has 0 spiro atoms. The Morgan fingerprint density at radius 2 is 1.83 bits per heavy atom. The molecular weight excluding hydrogens is 620 g/mol. The van der Waals surface area contributed by atoms with Crippen LogP contribution in [0.4, 0.5) is 23.4 Å². The molecule has 4 aromatic rings. The van der Waals surface area contributed by atoms with Gasteiger partial charge in [-0.25, -0.2) is 14.4 Å². The normalized spacial score (nSPS) is 17.2. The Balaban J connectivity index is 1.20. The van der Waals surface area contributed by atoms with E-state index >= 15 is 4.39 Å². The summed E-state index contributed by atoms with van der Waals surface area (Å²) in [6, 6.07) is 16.2. The van der Waals surface area contributed by atoms with Gasteiger partial charge in [-0.1, -0.05) is 18.2 Å². The number of nitrogens with zero attached hydrogens (tertiary/aromatic N) is 4.